The van der Waals surface area contributed by atoms with Crippen LogP contribution in [0.1, 0.15) is 6.42 Å². The van der Waals surface area contributed by atoms with Crippen LogP contribution in [-0.4, -0.2) is 23.3 Å². The quantitative estimate of drug-likeness (QED) is 0.577. The molecule has 0 spiro atoms. The van der Waals surface area contributed by atoms with Crippen molar-refractivity contribution in [1.29, 1.82) is 0 Å². The third kappa shape index (κ3) is 3.86. The molecule has 0 unspecified atom stereocenters. The molecule has 2 aromatic carbocycles. The maximum Gasteiger partial charge on any atom is 0.269 e. The predicted octanol–water partition coefficient (Wildman–Crippen LogP) is 4.00. The summed E-state index contributed by atoms with van der Waals surface area (Å²) in [5, 5.41) is 13.8. The van der Waals surface area contributed by atoms with Crippen molar-refractivity contribution in [2.24, 2.45) is 5.92 Å². The summed E-state index contributed by atoms with van der Waals surface area (Å²) in [5.74, 6) is -1.04. The summed E-state index contributed by atoms with van der Waals surface area (Å²) in [7, 11) is 0. The zero-order valence-electron chi connectivity index (χ0n) is 13.3. The highest BCUT2D eigenvalue weighted by Crippen LogP contribution is 2.29. The van der Waals surface area contributed by atoms with E-state index in [1.54, 1.807) is 18.2 Å². The number of hydrogen-bond acceptors (Lipinski definition) is 4. The maximum atomic E-state index is 12.5. The van der Waals surface area contributed by atoms with Gasteiger partial charge in [0.15, 0.2) is 0 Å². The summed E-state index contributed by atoms with van der Waals surface area (Å²) in [6.07, 6.45) is 0.0664. The fourth-order valence-electron chi connectivity index (χ4n) is 2.71. The Morgan fingerprint density at radius 3 is 2.58 bits per heavy atom. The lowest BCUT2D eigenvalue weighted by Gasteiger charge is -2.16. The number of halogens is 2. The molecule has 0 radical (unpaired) electrons. The van der Waals surface area contributed by atoms with E-state index >= 15 is 0 Å². The lowest BCUT2D eigenvalue weighted by molar-refractivity contribution is -0.384. The lowest BCUT2D eigenvalue weighted by atomic mass is 10.1. The molecule has 1 N–H and O–H groups in total. The van der Waals surface area contributed by atoms with Crippen molar-refractivity contribution in [3.8, 4) is 0 Å². The second kappa shape index (κ2) is 7.43. The van der Waals surface area contributed by atoms with Crippen molar-refractivity contribution in [3.63, 3.8) is 0 Å². The Bertz CT molecular complexity index is 888. The van der Waals surface area contributed by atoms with Crippen LogP contribution in [0.2, 0.25) is 5.02 Å². The van der Waals surface area contributed by atoms with Gasteiger partial charge in [-0.25, -0.2) is 0 Å². The molecule has 0 aliphatic carbocycles. The largest absolute Gasteiger partial charge is 0.324 e. The van der Waals surface area contributed by atoms with Crippen LogP contribution in [0.3, 0.4) is 0 Å². The highest BCUT2D eigenvalue weighted by atomic mass is 79.9. The van der Waals surface area contributed by atoms with E-state index in [-0.39, 0.29) is 30.5 Å². The second-order valence-corrected chi connectivity index (χ2v) is 7.12. The first-order chi connectivity index (χ1) is 12.3. The van der Waals surface area contributed by atoms with Crippen molar-refractivity contribution >= 4 is 56.4 Å². The number of carbonyl (C=O) groups is 2. The molecule has 2 amide bonds. The normalized spacial score (nSPS) is 16.6. The first-order valence-electron chi connectivity index (χ1n) is 7.66. The third-order valence-electron chi connectivity index (χ3n) is 4.06. The molecule has 26 heavy (non-hydrogen) atoms. The van der Waals surface area contributed by atoms with E-state index in [4.69, 9.17) is 11.6 Å². The first-order valence-corrected chi connectivity index (χ1v) is 8.83. The van der Waals surface area contributed by atoms with E-state index < -0.39 is 10.8 Å². The zero-order chi connectivity index (χ0) is 18.8. The fraction of sp³-hybridized carbons (Fsp3) is 0.176. The van der Waals surface area contributed by atoms with Crippen LogP contribution < -0.4 is 10.2 Å². The Balaban J connectivity index is 1.70. The number of rotatable bonds is 4. The number of amides is 2. The molecule has 1 aliphatic heterocycles. The highest BCUT2D eigenvalue weighted by molar-refractivity contribution is 9.10. The van der Waals surface area contributed by atoms with Crippen molar-refractivity contribution in [2.45, 2.75) is 6.42 Å². The average molecular weight is 439 g/mol. The van der Waals surface area contributed by atoms with E-state index in [1.807, 2.05) is 0 Å². The van der Waals surface area contributed by atoms with Gasteiger partial charge in [-0.3, -0.25) is 19.7 Å². The molecule has 1 atom stereocenters. The van der Waals surface area contributed by atoms with Crippen LogP contribution in [0.5, 0.6) is 0 Å². The summed E-state index contributed by atoms with van der Waals surface area (Å²) in [4.78, 5) is 36.4. The molecular formula is C17H13BrClN3O4. The van der Waals surface area contributed by atoms with Crippen LogP contribution in [0.25, 0.3) is 0 Å². The molecular weight excluding hydrogens is 426 g/mol. The van der Waals surface area contributed by atoms with Gasteiger partial charge in [0.1, 0.15) is 0 Å². The average Bonchev–Trinajstić information content (AvgIpc) is 2.99. The van der Waals surface area contributed by atoms with Gasteiger partial charge in [0.25, 0.3) is 5.69 Å². The minimum Gasteiger partial charge on any atom is -0.324 e. The summed E-state index contributed by atoms with van der Waals surface area (Å²) < 4.78 is 0.792. The second-order valence-electron chi connectivity index (χ2n) is 5.79. The fourth-order valence-corrected chi connectivity index (χ4v) is 3.43. The number of nitro benzene ring substituents is 1. The molecule has 0 saturated carbocycles. The summed E-state index contributed by atoms with van der Waals surface area (Å²) in [6, 6.07) is 10.8. The Morgan fingerprint density at radius 2 is 1.96 bits per heavy atom. The zero-order valence-corrected chi connectivity index (χ0v) is 15.7. The van der Waals surface area contributed by atoms with Gasteiger partial charge in [-0.15, -0.1) is 0 Å². The molecule has 1 heterocycles. The monoisotopic (exact) mass is 437 g/mol. The Labute approximate surface area is 162 Å². The van der Waals surface area contributed by atoms with Gasteiger partial charge < -0.3 is 10.2 Å². The number of benzene rings is 2. The standard InChI is InChI=1S/C17H13BrClN3O4/c18-11-1-6-15(14(19)8-11)20-17(24)10-7-16(23)21(9-10)12-2-4-13(5-3-12)22(25)26/h1-6,8,10H,7,9H2,(H,20,24)/t10-/m1/s1. The molecule has 1 aliphatic rings. The number of anilines is 2. The molecule has 0 bridgehead atoms. The lowest BCUT2D eigenvalue weighted by Crippen LogP contribution is -2.28. The van der Waals surface area contributed by atoms with Crippen molar-refractivity contribution in [3.05, 3.63) is 62.1 Å². The molecule has 0 aromatic heterocycles. The summed E-state index contributed by atoms with van der Waals surface area (Å²) >= 11 is 9.39. The highest BCUT2D eigenvalue weighted by Gasteiger charge is 2.35. The van der Waals surface area contributed by atoms with Gasteiger partial charge in [-0.1, -0.05) is 27.5 Å². The van der Waals surface area contributed by atoms with E-state index in [9.17, 15) is 19.7 Å². The van der Waals surface area contributed by atoms with Gasteiger partial charge in [-0.2, -0.15) is 0 Å². The van der Waals surface area contributed by atoms with Gasteiger partial charge in [0.05, 0.1) is 21.6 Å². The molecule has 9 heteroatoms. The van der Waals surface area contributed by atoms with Crippen molar-refractivity contribution in [1.82, 2.24) is 0 Å². The van der Waals surface area contributed by atoms with Crippen LogP contribution in [0.15, 0.2) is 46.9 Å². The van der Waals surface area contributed by atoms with Crippen LogP contribution in [-0.2, 0) is 9.59 Å². The van der Waals surface area contributed by atoms with Crippen molar-refractivity contribution < 1.29 is 14.5 Å². The predicted molar refractivity (Wildman–Crippen MR) is 101 cm³/mol. The molecule has 2 aromatic rings. The Morgan fingerprint density at radius 1 is 1.27 bits per heavy atom. The number of carbonyl (C=O) groups excluding carboxylic acids is 2. The van der Waals surface area contributed by atoms with Crippen molar-refractivity contribution in [2.75, 3.05) is 16.8 Å². The van der Waals surface area contributed by atoms with Crippen LogP contribution >= 0.6 is 27.5 Å². The Hall–Kier alpha value is -2.45. The maximum absolute atomic E-state index is 12.5. The van der Waals surface area contributed by atoms with Gasteiger partial charge in [0.2, 0.25) is 11.8 Å². The third-order valence-corrected chi connectivity index (χ3v) is 4.86. The number of nitrogens with one attached hydrogen (secondary N) is 1. The number of nitro groups is 1. The molecule has 7 nitrogen and oxygen atoms in total. The summed E-state index contributed by atoms with van der Waals surface area (Å²) in [6.45, 7) is 0.205. The number of nitrogens with zero attached hydrogens (tertiary/aromatic N) is 2. The first kappa shape index (κ1) is 18.3. The number of non-ortho nitro benzene ring substituents is 1. The van der Waals surface area contributed by atoms with E-state index in [1.165, 1.54) is 29.2 Å². The van der Waals surface area contributed by atoms with Gasteiger partial charge >= 0.3 is 0 Å². The molecule has 1 saturated heterocycles. The van der Waals surface area contributed by atoms with Crippen LogP contribution in [0, 0.1) is 16.0 Å². The smallest absolute Gasteiger partial charge is 0.269 e. The van der Waals surface area contributed by atoms with E-state index in [0.29, 0.717) is 16.4 Å². The van der Waals surface area contributed by atoms with Gasteiger partial charge in [-0.05, 0) is 30.3 Å². The molecule has 134 valence electrons. The van der Waals surface area contributed by atoms with E-state index in [2.05, 4.69) is 21.2 Å². The topological polar surface area (TPSA) is 92.6 Å². The van der Waals surface area contributed by atoms with Crippen LogP contribution in [0.4, 0.5) is 17.1 Å². The molecule has 3 rings (SSSR count). The van der Waals surface area contributed by atoms with E-state index in [0.717, 1.165) is 4.47 Å². The molecule has 1 fully saturated rings. The SMILES string of the molecule is O=C(Nc1ccc(Br)cc1Cl)[C@@H]1CC(=O)N(c2ccc([N+](=O)[O-])cc2)C1. The summed E-state index contributed by atoms with van der Waals surface area (Å²) in [5.41, 5.74) is 0.943. The number of hydrogen-bond donors (Lipinski definition) is 1. The Kier molecular flexibility index (Phi) is 5.24. The minimum atomic E-state index is -0.530. The van der Waals surface area contributed by atoms with Gasteiger partial charge in [0, 0.05) is 35.3 Å². The minimum absolute atomic E-state index is 0.0560.